The summed E-state index contributed by atoms with van der Waals surface area (Å²) in [6.07, 6.45) is 0. The van der Waals surface area contributed by atoms with Gasteiger partial charge in [0.25, 0.3) is 0 Å². The lowest BCUT2D eigenvalue weighted by Crippen LogP contribution is -2.14. The Balaban J connectivity index is 1.59. The van der Waals surface area contributed by atoms with Crippen LogP contribution < -0.4 is 11.1 Å². The van der Waals surface area contributed by atoms with Crippen LogP contribution in [-0.4, -0.2) is 34.7 Å². The number of fused-ring (bicyclic) bond motifs is 1. The lowest BCUT2D eigenvalue weighted by atomic mass is 10.2. The van der Waals surface area contributed by atoms with E-state index in [1.54, 1.807) is 24.3 Å². The number of ether oxygens (including phenoxy) is 1. The SMILES string of the molecule is COC(=O)c1ccc(NC(=O)CSc2nc(N)c3ccsc3n2)cc1. The summed E-state index contributed by atoms with van der Waals surface area (Å²) >= 11 is 2.69. The van der Waals surface area contributed by atoms with Crippen LogP contribution in [0.5, 0.6) is 0 Å². The summed E-state index contributed by atoms with van der Waals surface area (Å²) in [6, 6.07) is 8.32. The molecule has 0 radical (unpaired) electrons. The minimum Gasteiger partial charge on any atom is -0.465 e. The molecule has 2 heterocycles. The van der Waals surface area contributed by atoms with Gasteiger partial charge in [-0.15, -0.1) is 11.3 Å². The molecule has 9 heteroatoms. The van der Waals surface area contributed by atoms with Crippen LogP contribution in [0.1, 0.15) is 10.4 Å². The number of hydrogen-bond acceptors (Lipinski definition) is 8. The van der Waals surface area contributed by atoms with E-state index in [0.29, 0.717) is 22.2 Å². The number of hydrogen-bond donors (Lipinski definition) is 2. The molecule has 25 heavy (non-hydrogen) atoms. The minimum absolute atomic E-state index is 0.148. The van der Waals surface area contributed by atoms with Crippen molar-refractivity contribution in [2.75, 3.05) is 23.9 Å². The third-order valence-electron chi connectivity index (χ3n) is 3.26. The number of methoxy groups -OCH3 is 1. The van der Waals surface area contributed by atoms with Crippen LogP contribution in [0.15, 0.2) is 40.9 Å². The van der Waals surface area contributed by atoms with E-state index in [9.17, 15) is 9.59 Å². The van der Waals surface area contributed by atoms with Gasteiger partial charge in [0.15, 0.2) is 5.16 Å². The highest BCUT2D eigenvalue weighted by Crippen LogP contribution is 2.26. The smallest absolute Gasteiger partial charge is 0.337 e. The highest BCUT2D eigenvalue weighted by molar-refractivity contribution is 7.99. The number of thiophene rings is 1. The topological polar surface area (TPSA) is 107 Å². The summed E-state index contributed by atoms with van der Waals surface area (Å²) in [4.78, 5) is 32.8. The first kappa shape index (κ1) is 17.2. The van der Waals surface area contributed by atoms with Gasteiger partial charge in [-0.1, -0.05) is 11.8 Å². The summed E-state index contributed by atoms with van der Waals surface area (Å²) in [6.45, 7) is 0. The Morgan fingerprint density at radius 3 is 2.72 bits per heavy atom. The number of carbonyl (C=O) groups is 2. The van der Waals surface area contributed by atoms with Gasteiger partial charge in [-0.25, -0.2) is 14.8 Å². The van der Waals surface area contributed by atoms with Crippen molar-refractivity contribution in [1.29, 1.82) is 0 Å². The van der Waals surface area contributed by atoms with Gasteiger partial charge in [-0.05, 0) is 35.7 Å². The lowest BCUT2D eigenvalue weighted by Gasteiger charge is -2.06. The van der Waals surface area contributed by atoms with E-state index in [0.717, 1.165) is 10.2 Å². The average molecular weight is 374 g/mol. The molecule has 3 rings (SSSR count). The van der Waals surface area contributed by atoms with Gasteiger partial charge in [-0.3, -0.25) is 4.79 Å². The third kappa shape index (κ3) is 4.06. The van der Waals surface area contributed by atoms with Crippen LogP contribution in [0, 0.1) is 0 Å². The maximum absolute atomic E-state index is 12.1. The Hall–Kier alpha value is -2.65. The number of nitrogens with two attached hydrogens (primary N) is 1. The zero-order valence-corrected chi connectivity index (χ0v) is 14.8. The van der Waals surface area contributed by atoms with Crippen LogP contribution in [0.2, 0.25) is 0 Å². The molecule has 0 bridgehead atoms. The Bertz CT molecular complexity index is 925. The van der Waals surface area contributed by atoms with E-state index in [1.165, 1.54) is 30.2 Å². The van der Waals surface area contributed by atoms with Gasteiger partial charge in [0.1, 0.15) is 10.6 Å². The highest BCUT2D eigenvalue weighted by atomic mass is 32.2. The first-order chi connectivity index (χ1) is 12.1. The van der Waals surface area contributed by atoms with Crippen molar-refractivity contribution >= 4 is 56.7 Å². The van der Waals surface area contributed by atoms with Gasteiger partial charge in [0, 0.05) is 5.69 Å². The number of nitrogen functional groups attached to an aromatic ring is 1. The normalized spacial score (nSPS) is 10.6. The number of nitrogens with one attached hydrogen (secondary N) is 1. The molecule has 0 fully saturated rings. The molecule has 7 nitrogen and oxygen atoms in total. The molecule has 0 spiro atoms. The maximum Gasteiger partial charge on any atom is 0.337 e. The second-order valence-corrected chi connectivity index (χ2v) is 6.77. The monoisotopic (exact) mass is 374 g/mol. The van der Waals surface area contributed by atoms with E-state index in [4.69, 9.17) is 5.73 Å². The molecule has 3 N–H and O–H groups in total. The van der Waals surface area contributed by atoms with Gasteiger partial charge in [0.05, 0.1) is 23.8 Å². The van der Waals surface area contributed by atoms with E-state index < -0.39 is 5.97 Å². The first-order valence-electron chi connectivity index (χ1n) is 7.18. The Labute approximate surface area is 151 Å². The molecule has 0 aliphatic heterocycles. The van der Waals surface area contributed by atoms with Crippen molar-refractivity contribution in [2.45, 2.75) is 5.16 Å². The molecular weight excluding hydrogens is 360 g/mol. The van der Waals surface area contributed by atoms with Crippen LogP contribution >= 0.6 is 23.1 Å². The molecular formula is C16H14N4O3S2. The number of carbonyl (C=O) groups excluding carboxylic acids is 2. The Morgan fingerprint density at radius 1 is 1.24 bits per heavy atom. The average Bonchev–Trinajstić information content (AvgIpc) is 3.09. The molecule has 0 aliphatic rings. The molecule has 2 aromatic heterocycles. The van der Waals surface area contributed by atoms with Crippen LogP contribution in [0.25, 0.3) is 10.2 Å². The molecule has 1 aromatic carbocycles. The van der Waals surface area contributed by atoms with Gasteiger partial charge in [0.2, 0.25) is 5.91 Å². The zero-order chi connectivity index (χ0) is 17.8. The first-order valence-corrected chi connectivity index (χ1v) is 9.05. The number of thioether (sulfide) groups is 1. The Kier molecular flexibility index (Phi) is 5.15. The number of rotatable bonds is 5. The van der Waals surface area contributed by atoms with E-state index in [-0.39, 0.29) is 11.7 Å². The third-order valence-corrected chi connectivity index (χ3v) is 4.91. The summed E-state index contributed by atoms with van der Waals surface area (Å²) in [7, 11) is 1.32. The largest absolute Gasteiger partial charge is 0.465 e. The fraction of sp³-hybridized carbons (Fsp3) is 0.125. The summed E-state index contributed by atoms with van der Waals surface area (Å²) in [5, 5.41) is 5.93. The molecule has 0 aliphatic carbocycles. The second-order valence-electron chi connectivity index (χ2n) is 4.94. The lowest BCUT2D eigenvalue weighted by molar-refractivity contribution is -0.113. The minimum atomic E-state index is -0.424. The number of anilines is 2. The number of amides is 1. The molecule has 1 amide bonds. The van der Waals surface area contributed by atoms with Crippen molar-refractivity contribution in [2.24, 2.45) is 0 Å². The van der Waals surface area contributed by atoms with Crippen LogP contribution in [0.4, 0.5) is 11.5 Å². The maximum atomic E-state index is 12.1. The van der Waals surface area contributed by atoms with Gasteiger partial charge >= 0.3 is 5.97 Å². The van der Waals surface area contributed by atoms with Crippen LogP contribution in [0.3, 0.4) is 0 Å². The van der Waals surface area contributed by atoms with E-state index in [1.807, 2.05) is 11.4 Å². The van der Waals surface area contributed by atoms with Crippen molar-refractivity contribution in [1.82, 2.24) is 9.97 Å². The number of esters is 1. The summed E-state index contributed by atoms with van der Waals surface area (Å²) in [5.74, 6) is -0.0707. The number of aromatic nitrogens is 2. The molecule has 0 atom stereocenters. The van der Waals surface area contributed by atoms with Crippen molar-refractivity contribution < 1.29 is 14.3 Å². The predicted octanol–water partition coefficient (Wildman–Crippen LogP) is 2.79. The van der Waals surface area contributed by atoms with Gasteiger partial charge < -0.3 is 15.8 Å². The molecule has 0 saturated carbocycles. The number of nitrogens with zero attached hydrogens (tertiary/aromatic N) is 2. The van der Waals surface area contributed by atoms with Crippen molar-refractivity contribution in [3.63, 3.8) is 0 Å². The summed E-state index contributed by atoms with van der Waals surface area (Å²) < 4.78 is 4.63. The Morgan fingerprint density at radius 2 is 2.00 bits per heavy atom. The molecule has 0 unspecified atom stereocenters. The fourth-order valence-corrected chi connectivity index (χ4v) is 3.54. The van der Waals surface area contributed by atoms with Crippen molar-refractivity contribution in [3.05, 3.63) is 41.3 Å². The van der Waals surface area contributed by atoms with Gasteiger partial charge in [-0.2, -0.15) is 0 Å². The zero-order valence-electron chi connectivity index (χ0n) is 13.2. The second kappa shape index (κ2) is 7.49. The highest BCUT2D eigenvalue weighted by Gasteiger charge is 2.10. The van der Waals surface area contributed by atoms with E-state index in [2.05, 4.69) is 20.0 Å². The predicted molar refractivity (Wildman–Crippen MR) is 99.0 cm³/mol. The van der Waals surface area contributed by atoms with E-state index >= 15 is 0 Å². The standard InChI is InChI=1S/C16H14N4O3S2/c1-23-15(22)9-2-4-10(5-3-9)18-12(21)8-25-16-19-13(17)11-6-7-24-14(11)20-16/h2-7H,8H2,1H3,(H,18,21)(H2,17,19,20). The quantitative estimate of drug-likeness (QED) is 0.402. The molecule has 0 saturated heterocycles. The molecule has 128 valence electrons. The number of benzene rings is 1. The fourth-order valence-electron chi connectivity index (χ4n) is 2.06. The van der Waals surface area contributed by atoms with Crippen LogP contribution in [-0.2, 0) is 9.53 Å². The van der Waals surface area contributed by atoms with Crippen molar-refractivity contribution in [3.8, 4) is 0 Å². The molecule has 3 aromatic rings. The summed E-state index contributed by atoms with van der Waals surface area (Å²) in [5.41, 5.74) is 6.89.